The monoisotopic (exact) mass is 437 g/mol. The minimum absolute atomic E-state index is 0.252. The summed E-state index contributed by atoms with van der Waals surface area (Å²) in [5.41, 5.74) is 2.84. The van der Waals surface area contributed by atoms with Crippen LogP contribution in [0, 0.1) is 0 Å². The Morgan fingerprint density at radius 3 is 2.59 bits per heavy atom. The van der Waals surface area contributed by atoms with Crippen molar-refractivity contribution in [2.75, 3.05) is 25.6 Å². The van der Waals surface area contributed by atoms with Gasteiger partial charge >= 0.3 is 0 Å². The summed E-state index contributed by atoms with van der Waals surface area (Å²) in [6, 6.07) is 15.6. The van der Waals surface area contributed by atoms with Gasteiger partial charge < -0.3 is 19.9 Å². The van der Waals surface area contributed by atoms with Crippen LogP contribution in [0.25, 0.3) is 10.9 Å². The topological polar surface area (TPSA) is 93.5 Å². The van der Waals surface area contributed by atoms with E-state index in [1.165, 1.54) is 37.7 Å². The third-order valence-corrected chi connectivity index (χ3v) is 5.59. The molecule has 170 valence electrons. The lowest BCUT2D eigenvalue weighted by molar-refractivity contribution is -0.109. The first kappa shape index (κ1) is 23.5. The molecule has 0 atom stereocenters. The molecule has 0 bridgehead atoms. The summed E-state index contributed by atoms with van der Waals surface area (Å²) in [7, 11) is 1.64. The third kappa shape index (κ3) is 6.65. The number of nitrogens with zero attached hydrogens (tertiary/aromatic N) is 1. The lowest BCUT2D eigenvalue weighted by atomic mass is 9.84. The number of carbonyl (C=O) groups is 2. The Morgan fingerprint density at radius 1 is 1.12 bits per heavy atom. The fourth-order valence-electron chi connectivity index (χ4n) is 3.89. The van der Waals surface area contributed by atoms with Crippen LogP contribution >= 0.6 is 0 Å². The van der Waals surface area contributed by atoms with E-state index in [2.05, 4.69) is 27.9 Å². The molecule has 3 aromatic rings. The number of carbonyl (C=O) groups excluding carboxylic acids is 2. The molecule has 7 nitrogen and oxygen atoms in total. The average Bonchev–Trinajstić information content (AvgIpc) is 3.28. The lowest BCUT2D eigenvalue weighted by Gasteiger charge is -2.22. The largest absolute Gasteiger partial charge is 0.385 e. The van der Waals surface area contributed by atoms with Gasteiger partial charge in [0.05, 0.1) is 5.39 Å². The Balaban J connectivity index is 0.000000312. The summed E-state index contributed by atoms with van der Waals surface area (Å²) in [5.74, 6) is 0.651. The summed E-state index contributed by atoms with van der Waals surface area (Å²) < 4.78 is 9.94. The number of rotatable bonds is 8. The number of ether oxygens (including phenoxy) is 1. The number of fused-ring (bicyclic) bond motifs is 1. The lowest BCUT2D eigenvalue weighted by Crippen LogP contribution is -2.13. The van der Waals surface area contributed by atoms with E-state index in [0.717, 1.165) is 17.5 Å². The summed E-state index contributed by atoms with van der Waals surface area (Å²) in [5, 5.41) is 10.1. The van der Waals surface area contributed by atoms with Crippen molar-refractivity contribution in [3.05, 3.63) is 59.9 Å². The minimum atomic E-state index is -0.269. The fourth-order valence-corrected chi connectivity index (χ4v) is 3.89. The molecule has 1 aliphatic carbocycles. The molecule has 0 saturated heterocycles. The van der Waals surface area contributed by atoms with Gasteiger partial charge in [-0.1, -0.05) is 48.7 Å². The smallest absolute Gasteiger partial charge is 0.294 e. The summed E-state index contributed by atoms with van der Waals surface area (Å²) in [6.07, 6.45) is 8.12. The van der Waals surface area contributed by atoms with E-state index in [1.807, 2.05) is 36.4 Å². The van der Waals surface area contributed by atoms with E-state index in [9.17, 15) is 9.59 Å². The maximum atomic E-state index is 12.4. The predicted molar refractivity (Wildman–Crippen MR) is 125 cm³/mol. The van der Waals surface area contributed by atoms with Gasteiger partial charge in [-0.25, -0.2) is 0 Å². The molecule has 4 rings (SSSR count). The number of aromatic nitrogens is 1. The van der Waals surface area contributed by atoms with Gasteiger partial charge in [0, 0.05) is 25.9 Å². The van der Waals surface area contributed by atoms with Crippen molar-refractivity contribution in [1.29, 1.82) is 0 Å². The molecule has 32 heavy (non-hydrogen) atoms. The number of amides is 2. The van der Waals surface area contributed by atoms with Gasteiger partial charge in [0.2, 0.25) is 12.2 Å². The highest BCUT2D eigenvalue weighted by atomic mass is 16.5. The van der Waals surface area contributed by atoms with Gasteiger partial charge in [0.15, 0.2) is 0 Å². The van der Waals surface area contributed by atoms with E-state index in [-0.39, 0.29) is 11.7 Å². The summed E-state index contributed by atoms with van der Waals surface area (Å²) in [4.78, 5) is 22.0. The standard InChI is InChI=1S/C20H20N2O2.C5H11NO2/c23-20(19-17-8-4-5-9-18(17)22-24-19)21-16-12-10-15(11-13-16)14-6-2-1-3-7-14;1-8-4-2-3-6-5-7/h4-5,8-14H,1-3,6-7H2,(H,21,23);5H,2-4H2,1H3,(H,6,7). The first-order valence-electron chi connectivity index (χ1n) is 11.1. The Bertz CT molecular complexity index is 978. The average molecular weight is 438 g/mol. The first-order valence-corrected chi connectivity index (χ1v) is 11.1. The highest BCUT2D eigenvalue weighted by Gasteiger charge is 2.18. The highest BCUT2D eigenvalue weighted by Crippen LogP contribution is 2.33. The van der Waals surface area contributed by atoms with E-state index >= 15 is 0 Å². The van der Waals surface area contributed by atoms with E-state index in [4.69, 9.17) is 9.26 Å². The van der Waals surface area contributed by atoms with Crippen molar-refractivity contribution >= 4 is 28.9 Å². The van der Waals surface area contributed by atoms with Gasteiger partial charge in [-0.3, -0.25) is 9.59 Å². The maximum absolute atomic E-state index is 12.4. The van der Waals surface area contributed by atoms with Crippen LogP contribution in [-0.4, -0.2) is 37.7 Å². The van der Waals surface area contributed by atoms with Crippen LogP contribution in [0.3, 0.4) is 0 Å². The molecule has 2 aromatic carbocycles. The number of anilines is 1. The summed E-state index contributed by atoms with van der Waals surface area (Å²) in [6.45, 7) is 1.41. The molecular weight excluding hydrogens is 406 g/mol. The van der Waals surface area contributed by atoms with Gasteiger partial charge in [-0.15, -0.1) is 0 Å². The molecule has 2 amide bonds. The fraction of sp³-hybridized carbons (Fsp3) is 0.400. The van der Waals surface area contributed by atoms with Crippen LogP contribution in [0.15, 0.2) is 53.1 Å². The number of hydrogen-bond acceptors (Lipinski definition) is 5. The van der Waals surface area contributed by atoms with Crippen molar-refractivity contribution in [3.8, 4) is 0 Å². The molecular formula is C25H31N3O4. The zero-order valence-corrected chi connectivity index (χ0v) is 18.5. The van der Waals surface area contributed by atoms with E-state index in [0.29, 0.717) is 31.0 Å². The third-order valence-electron chi connectivity index (χ3n) is 5.59. The molecule has 0 aliphatic heterocycles. The minimum Gasteiger partial charge on any atom is -0.385 e. The van der Waals surface area contributed by atoms with Crippen molar-refractivity contribution in [3.63, 3.8) is 0 Å². The Labute approximate surface area is 188 Å². The normalized spacial score (nSPS) is 13.8. The molecule has 0 unspecified atom stereocenters. The zero-order chi connectivity index (χ0) is 22.6. The quantitative estimate of drug-likeness (QED) is 0.386. The number of nitrogens with one attached hydrogen (secondary N) is 2. The number of hydrogen-bond donors (Lipinski definition) is 2. The first-order chi connectivity index (χ1) is 15.7. The Kier molecular flexibility index (Phi) is 9.25. The predicted octanol–water partition coefficient (Wildman–Crippen LogP) is 4.90. The number of benzene rings is 2. The molecule has 1 aliphatic rings. The van der Waals surface area contributed by atoms with Crippen molar-refractivity contribution in [2.24, 2.45) is 0 Å². The van der Waals surface area contributed by atoms with Gasteiger partial charge in [-0.2, -0.15) is 0 Å². The van der Waals surface area contributed by atoms with Crippen LogP contribution in [-0.2, 0) is 9.53 Å². The Hall–Kier alpha value is -3.19. The summed E-state index contributed by atoms with van der Waals surface area (Å²) >= 11 is 0. The van der Waals surface area contributed by atoms with Crippen molar-refractivity contribution in [2.45, 2.75) is 44.4 Å². The zero-order valence-electron chi connectivity index (χ0n) is 18.5. The van der Waals surface area contributed by atoms with Crippen LogP contribution in [0.2, 0.25) is 0 Å². The molecule has 0 radical (unpaired) electrons. The van der Waals surface area contributed by atoms with E-state index < -0.39 is 0 Å². The van der Waals surface area contributed by atoms with Crippen molar-refractivity contribution < 1.29 is 18.8 Å². The molecule has 1 heterocycles. The molecule has 1 saturated carbocycles. The van der Waals surface area contributed by atoms with E-state index in [1.54, 1.807) is 7.11 Å². The Morgan fingerprint density at radius 2 is 1.88 bits per heavy atom. The maximum Gasteiger partial charge on any atom is 0.294 e. The highest BCUT2D eigenvalue weighted by molar-refractivity contribution is 6.10. The van der Waals surface area contributed by atoms with Crippen molar-refractivity contribution in [1.82, 2.24) is 10.5 Å². The van der Waals surface area contributed by atoms with Crippen LogP contribution in [0.1, 0.15) is 60.6 Å². The second-order valence-electron chi connectivity index (χ2n) is 7.86. The van der Waals surface area contributed by atoms with Crippen LogP contribution in [0.5, 0.6) is 0 Å². The molecule has 7 heteroatoms. The number of methoxy groups -OCH3 is 1. The van der Waals surface area contributed by atoms with Crippen LogP contribution in [0.4, 0.5) is 5.69 Å². The molecule has 1 fully saturated rings. The second kappa shape index (κ2) is 12.6. The van der Waals surface area contributed by atoms with Gasteiger partial charge in [0.1, 0.15) is 5.52 Å². The SMILES string of the molecule is COCCCNC=O.O=C(Nc1ccc(C2CCCCC2)cc1)c1onc2ccccc12. The van der Waals surface area contributed by atoms with Crippen LogP contribution < -0.4 is 10.6 Å². The molecule has 1 aromatic heterocycles. The molecule has 0 spiro atoms. The van der Waals surface area contributed by atoms with Gasteiger partial charge in [0.25, 0.3) is 5.91 Å². The van der Waals surface area contributed by atoms with Gasteiger partial charge in [-0.05, 0) is 55.0 Å². The second-order valence-corrected chi connectivity index (χ2v) is 7.86. The molecule has 2 N–H and O–H groups in total.